The summed E-state index contributed by atoms with van der Waals surface area (Å²) in [5, 5.41) is 23.2. The Bertz CT molecular complexity index is 1650. The van der Waals surface area contributed by atoms with Gasteiger partial charge in [0.2, 0.25) is 0 Å². The Morgan fingerprint density at radius 2 is 0.927 bits per heavy atom. The molecule has 0 aliphatic rings. The number of fused-ring (bicyclic) bond motifs is 2. The SMILES string of the molecule is Brc1ccc(-c2cccc3ccccc23)cc1.CCCC.OB(O)c1ccc(-c2cccc3ccccc23)cc1.[H-].[Li+]. The van der Waals surface area contributed by atoms with E-state index >= 15 is 0 Å². The summed E-state index contributed by atoms with van der Waals surface area (Å²) in [5.41, 5.74) is 5.27. The minimum absolute atomic E-state index is 0. The van der Waals surface area contributed by atoms with E-state index in [1.165, 1.54) is 45.5 Å². The van der Waals surface area contributed by atoms with Gasteiger partial charge in [-0.15, -0.1) is 0 Å². The van der Waals surface area contributed by atoms with Gasteiger partial charge in [-0.1, -0.05) is 164 Å². The van der Waals surface area contributed by atoms with E-state index in [1.54, 1.807) is 12.1 Å². The number of hydrogen-bond acceptors (Lipinski definition) is 2. The molecule has 0 saturated carbocycles. The molecular weight excluding hydrogens is 562 g/mol. The predicted octanol–water partition coefficient (Wildman–Crippen LogP) is 6.38. The fourth-order valence-electron chi connectivity index (χ4n) is 4.42. The van der Waals surface area contributed by atoms with Crippen LogP contribution in [0.1, 0.15) is 28.1 Å². The molecule has 6 rings (SSSR count). The summed E-state index contributed by atoms with van der Waals surface area (Å²) >= 11 is 3.47. The summed E-state index contributed by atoms with van der Waals surface area (Å²) in [4.78, 5) is 0. The number of unbranched alkanes of at least 4 members (excludes halogenated alkanes) is 1. The van der Waals surface area contributed by atoms with Crippen LogP contribution in [0.2, 0.25) is 0 Å². The molecule has 0 heterocycles. The number of rotatable bonds is 4. The second-order valence-corrected chi connectivity index (χ2v) is 10.5. The Morgan fingerprint density at radius 1 is 0.537 bits per heavy atom. The van der Waals surface area contributed by atoms with E-state index in [-0.39, 0.29) is 20.3 Å². The van der Waals surface area contributed by atoms with Crippen molar-refractivity contribution in [3.05, 3.63) is 138 Å². The van der Waals surface area contributed by atoms with Gasteiger partial charge in [0, 0.05) is 4.47 Å². The van der Waals surface area contributed by atoms with E-state index < -0.39 is 7.12 Å². The monoisotopic (exact) mass is 596 g/mol. The van der Waals surface area contributed by atoms with Crippen molar-refractivity contribution in [2.45, 2.75) is 26.7 Å². The van der Waals surface area contributed by atoms with E-state index in [1.807, 2.05) is 30.3 Å². The summed E-state index contributed by atoms with van der Waals surface area (Å²) < 4.78 is 1.11. The molecule has 202 valence electrons. The van der Waals surface area contributed by atoms with Crippen LogP contribution in [0, 0.1) is 0 Å². The van der Waals surface area contributed by atoms with Crippen molar-refractivity contribution >= 4 is 50.1 Å². The van der Waals surface area contributed by atoms with E-state index in [2.05, 4.69) is 121 Å². The fraction of sp³-hybridized carbons (Fsp3) is 0.111. The van der Waals surface area contributed by atoms with Crippen LogP contribution in [0.15, 0.2) is 138 Å². The third-order valence-corrected chi connectivity index (χ3v) is 7.28. The summed E-state index contributed by atoms with van der Waals surface area (Å²) in [5.74, 6) is 0. The smallest absolute Gasteiger partial charge is 1.00 e. The molecule has 6 aromatic rings. The van der Waals surface area contributed by atoms with Crippen molar-refractivity contribution in [2.75, 3.05) is 0 Å². The Balaban J connectivity index is 0.000000251. The van der Waals surface area contributed by atoms with Crippen LogP contribution in [0.4, 0.5) is 0 Å². The summed E-state index contributed by atoms with van der Waals surface area (Å²) in [6.07, 6.45) is 2.64. The molecule has 0 aliphatic carbocycles. The van der Waals surface area contributed by atoms with Crippen LogP contribution in [0.25, 0.3) is 43.8 Å². The average Bonchev–Trinajstić information content (AvgIpc) is 3.01. The first-order valence-corrected chi connectivity index (χ1v) is 14.5. The maximum atomic E-state index is 9.11. The Labute approximate surface area is 266 Å². The Kier molecular flexibility index (Phi) is 12.9. The van der Waals surface area contributed by atoms with Gasteiger partial charge in [-0.25, -0.2) is 0 Å². The van der Waals surface area contributed by atoms with Crippen molar-refractivity contribution < 1.29 is 30.3 Å². The van der Waals surface area contributed by atoms with Gasteiger partial charge >= 0.3 is 26.0 Å². The molecule has 0 aliphatic heterocycles. The molecule has 0 saturated heterocycles. The zero-order chi connectivity index (χ0) is 28.3. The first-order chi connectivity index (χ1) is 19.5. The van der Waals surface area contributed by atoms with Gasteiger partial charge in [-0.2, -0.15) is 0 Å². The van der Waals surface area contributed by atoms with E-state index in [0.29, 0.717) is 5.46 Å². The first kappa shape index (κ1) is 32.4. The predicted molar refractivity (Wildman–Crippen MR) is 178 cm³/mol. The largest absolute Gasteiger partial charge is 1.00 e. The number of hydrogen-bond donors (Lipinski definition) is 2. The van der Waals surface area contributed by atoms with Gasteiger partial charge in [0.1, 0.15) is 0 Å². The van der Waals surface area contributed by atoms with Gasteiger partial charge in [0.25, 0.3) is 0 Å². The molecule has 41 heavy (non-hydrogen) atoms. The second kappa shape index (κ2) is 16.4. The van der Waals surface area contributed by atoms with Gasteiger partial charge < -0.3 is 11.5 Å². The molecular formula is C36H35BBrLiO2. The molecule has 0 fully saturated rings. The van der Waals surface area contributed by atoms with Crippen LogP contribution in [-0.4, -0.2) is 17.2 Å². The van der Waals surface area contributed by atoms with Crippen molar-refractivity contribution in [2.24, 2.45) is 0 Å². The zero-order valence-corrected chi connectivity index (χ0v) is 25.6. The molecule has 6 aromatic carbocycles. The molecule has 0 radical (unpaired) electrons. The Morgan fingerprint density at radius 3 is 1.34 bits per heavy atom. The zero-order valence-electron chi connectivity index (χ0n) is 25.0. The summed E-state index contributed by atoms with van der Waals surface area (Å²) in [7, 11) is -1.42. The quantitative estimate of drug-likeness (QED) is 0.232. The maximum absolute atomic E-state index is 9.11. The van der Waals surface area contributed by atoms with Gasteiger partial charge in [-0.3, -0.25) is 0 Å². The second-order valence-electron chi connectivity index (χ2n) is 9.56. The van der Waals surface area contributed by atoms with Gasteiger partial charge in [0.15, 0.2) is 0 Å². The minimum Gasteiger partial charge on any atom is -1.00 e. The molecule has 2 N–H and O–H groups in total. The third-order valence-electron chi connectivity index (χ3n) is 6.75. The number of halogens is 1. The van der Waals surface area contributed by atoms with E-state index in [4.69, 9.17) is 10.0 Å². The molecule has 5 heteroatoms. The van der Waals surface area contributed by atoms with Crippen LogP contribution < -0.4 is 24.3 Å². The van der Waals surface area contributed by atoms with Crippen molar-refractivity contribution in [1.82, 2.24) is 0 Å². The van der Waals surface area contributed by atoms with Crippen LogP contribution >= 0.6 is 15.9 Å². The topological polar surface area (TPSA) is 40.5 Å². The van der Waals surface area contributed by atoms with Crippen LogP contribution in [0.5, 0.6) is 0 Å². The van der Waals surface area contributed by atoms with Crippen LogP contribution in [0.3, 0.4) is 0 Å². The minimum atomic E-state index is -1.42. The molecule has 0 spiro atoms. The molecule has 0 amide bonds. The Hall–Kier alpha value is -3.10. The standard InChI is InChI=1S/C16H13BO2.C16H11Br.C4H10.Li.H/c18-17(19)14-10-8-13(9-11-14)16-7-3-5-12-4-1-2-6-15(12)16;17-14-10-8-13(9-11-14)16-7-3-5-12-4-1-2-6-15(12)16;1-3-4-2;;/h1-11,18-19H;1-11H;3-4H2,1-2H3;;/q;;;+1;-1. The molecule has 0 atom stereocenters. The summed E-state index contributed by atoms with van der Waals surface area (Å²) in [6.45, 7) is 4.36. The van der Waals surface area contributed by atoms with Gasteiger partial charge in [-0.05, 0) is 61.4 Å². The van der Waals surface area contributed by atoms with Crippen molar-refractivity contribution in [1.29, 1.82) is 0 Å². The molecule has 2 nitrogen and oxygen atoms in total. The van der Waals surface area contributed by atoms with Crippen LogP contribution in [-0.2, 0) is 0 Å². The molecule has 0 bridgehead atoms. The van der Waals surface area contributed by atoms with Crippen molar-refractivity contribution in [3.8, 4) is 22.3 Å². The van der Waals surface area contributed by atoms with E-state index in [9.17, 15) is 0 Å². The normalized spacial score (nSPS) is 10.1. The maximum Gasteiger partial charge on any atom is 1.00 e. The van der Waals surface area contributed by atoms with Gasteiger partial charge in [0.05, 0.1) is 0 Å². The third kappa shape index (κ3) is 8.70. The first-order valence-electron chi connectivity index (χ1n) is 13.7. The molecule has 0 aromatic heterocycles. The summed E-state index contributed by atoms with van der Waals surface area (Å²) in [6, 6.07) is 45.1. The average molecular weight is 597 g/mol. The molecule has 0 unspecified atom stereocenters. The fourth-order valence-corrected chi connectivity index (χ4v) is 4.68. The number of benzene rings is 6. The van der Waals surface area contributed by atoms with Crippen molar-refractivity contribution in [3.63, 3.8) is 0 Å². The van der Waals surface area contributed by atoms with E-state index in [0.717, 1.165) is 15.6 Å².